The number of esters is 1. The van der Waals surface area contributed by atoms with E-state index in [2.05, 4.69) is 19.6 Å². The van der Waals surface area contributed by atoms with E-state index in [0.717, 1.165) is 5.16 Å². The topological polar surface area (TPSA) is 73.2 Å². The molecule has 0 unspecified atom stereocenters. The van der Waals surface area contributed by atoms with E-state index < -0.39 is 5.97 Å². The van der Waals surface area contributed by atoms with Gasteiger partial charge in [0.15, 0.2) is 5.16 Å². The summed E-state index contributed by atoms with van der Waals surface area (Å²) in [4.78, 5) is 26.5. The highest BCUT2D eigenvalue weighted by atomic mass is 32.2. The van der Waals surface area contributed by atoms with Crippen molar-refractivity contribution in [3.8, 4) is 0 Å². The summed E-state index contributed by atoms with van der Waals surface area (Å²) in [5.41, 5.74) is 0. The molecule has 1 heterocycles. The number of hydrogen-bond donors (Lipinski definition) is 1. The molecule has 98 valence electrons. The second-order valence-corrected chi connectivity index (χ2v) is 4.93. The first-order valence-electron chi connectivity index (χ1n) is 5.70. The Hall–Kier alpha value is -1.50. The van der Waals surface area contributed by atoms with Crippen LogP contribution in [0.15, 0.2) is 17.6 Å². The molecule has 0 bridgehead atoms. The van der Waals surface area contributed by atoms with Gasteiger partial charge in [0.25, 0.3) is 0 Å². The van der Waals surface area contributed by atoms with Crippen LogP contribution in [-0.4, -0.2) is 40.8 Å². The summed E-state index contributed by atoms with van der Waals surface area (Å²) in [5, 5.41) is 3.34. The van der Waals surface area contributed by atoms with Crippen LogP contribution in [0.5, 0.6) is 0 Å². The highest BCUT2D eigenvalue weighted by Gasteiger charge is 2.25. The van der Waals surface area contributed by atoms with E-state index in [4.69, 9.17) is 0 Å². The molecule has 0 radical (unpaired) electrons. The van der Waals surface area contributed by atoms with Crippen LogP contribution in [0.4, 0.5) is 0 Å². The lowest BCUT2D eigenvalue weighted by Crippen LogP contribution is -2.31. The number of hydrogen-bond acceptors (Lipinski definition) is 5. The predicted octanol–water partition coefficient (Wildman–Crippen LogP) is 0.599. The molecule has 1 aliphatic rings. The number of carbonyl (C=O) groups excluding carboxylic acids is 2. The number of amides is 1. The Morgan fingerprint density at radius 3 is 3.06 bits per heavy atom. The summed E-state index contributed by atoms with van der Waals surface area (Å²) in [6.45, 7) is -0.0903. The van der Waals surface area contributed by atoms with E-state index >= 15 is 0 Å². The van der Waals surface area contributed by atoms with Crippen molar-refractivity contribution in [3.05, 3.63) is 12.4 Å². The Balaban J connectivity index is 1.75. The average molecular weight is 269 g/mol. The van der Waals surface area contributed by atoms with Crippen LogP contribution in [0.3, 0.4) is 0 Å². The number of carbonyl (C=O) groups is 2. The summed E-state index contributed by atoms with van der Waals surface area (Å²) in [6.07, 6.45) is 6.04. The Morgan fingerprint density at radius 1 is 1.61 bits per heavy atom. The lowest BCUT2D eigenvalue weighted by atomic mass is 10.6. The van der Waals surface area contributed by atoms with Crippen molar-refractivity contribution < 1.29 is 14.3 Å². The van der Waals surface area contributed by atoms with Crippen molar-refractivity contribution in [2.45, 2.75) is 24.0 Å². The van der Waals surface area contributed by atoms with Gasteiger partial charge in [-0.3, -0.25) is 9.59 Å². The summed E-state index contributed by atoms with van der Waals surface area (Å²) >= 11 is 1.38. The predicted molar refractivity (Wildman–Crippen MR) is 66.2 cm³/mol. The molecule has 1 aliphatic carbocycles. The first kappa shape index (κ1) is 12.9. The Bertz CT molecular complexity index is 442. The number of nitrogens with zero attached hydrogens (tertiary/aromatic N) is 2. The number of thioether (sulfide) groups is 1. The van der Waals surface area contributed by atoms with Crippen LogP contribution in [-0.2, 0) is 14.3 Å². The molecule has 1 aromatic heterocycles. The van der Waals surface area contributed by atoms with E-state index in [0.29, 0.717) is 6.04 Å². The molecule has 6 nitrogen and oxygen atoms in total. The van der Waals surface area contributed by atoms with Crippen LogP contribution in [0, 0.1) is 0 Å². The molecule has 2 rings (SSSR count). The molecule has 0 aromatic carbocycles. The highest BCUT2D eigenvalue weighted by Crippen LogP contribution is 2.37. The highest BCUT2D eigenvalue weighted by molar-refractivity contribution is 7.99. The molecule has 1 saturated carbocycles. The van der Waals surface area contributed by atoms with Gasteiger partial charge in [-0.1, -0.05) is 11.8 Å². The largest absolute Gasteiger partial charge is 0.468 e. The van der Waals surface area contributed by atoms with Gasteiger partial charge < -0.3 is 14.6 Å². The minimum absolute atomic E-state index is 0.0903. The molecule has 7 heteroatoms. The fourth-order valence-electron chi connectivity index (χ4n) is 1.47. The zero-order valence-corrected chi connectivity index (χ0v) is 10.9. The average Bonchev–Trinajstić information content (AvgIpc) is 3.12. The van der Waals surface area contributed by atoms with E-state index in [-0.39, 0.29) is 18.2 Å². The molecule has 18 heavy (non-hydrogen) atoms. The molecular weight excluding hydrogens is 254 g/mol. The van der Waals surface area contributed by atoms with Gasteiger partial charge in [-0.05, 0) is 12.8 Å². The Morgan fingerprint density at radius 2 is 2.39 bits per heavy atom. The minimum Gasteiger partial charge on any atom is -0.468 e. The zero-order chi connectivity index (χ0) is 13.0. The Kier molecular flexibility index (Phi) is 4.24. The van der Waals surface area contributed by atoms with Gasteiger partial charge in [0.1, 0.15) is 6.54 Å². The van der Waals surface area contributed by atoms with Crippen molar-refractivity contribution in [2.24, 2.45) is 0 Å². The normalized spacial score (nSPS) is 14.3. The monoisotopic (exact) mass is 269 g/mol. The number of methoxy groups -OCH3 is 1. The van der Waals surface area contributed by atoms with Crippen LogP contribution in [0.1, 0.15) is 18.9 Å². The second-order valence-electron chi connectivity index (χ2n) is 3.99. The maximum absolute atomic E-state index is 11.5. The number of ether oxygens (including phenoxy) is 1. The lowest BCUT2D eigenvalue weighted by molar-refractivity contribution is -0.140. The molecule has 1 aromatic rings. The molecule has 0 saturated heterocycles. The number of nitrogens with one attached hydrogen (secondary N) is 1. The van der Waals surface area contributed by atoms with Crippen LogP contribution >= 0.6 is 11.8 Å². The van der Waals surface area contributed by atoms with E-state index in [1.54, 1.807) is 6.20 Å². The maximum atomic E-state index is 11.5. The lowest BCUT2D eigenvalue weighted by Gasteiger charge is -2.06. The molecule has 0 atom stereocenters. The van der Waals surface area contributed by atoms with Gasteiger partial charge in [0.05, 0.1) is 12.9 Å². The van der Waals surface area contributed by atoms with Gasteiger partial charge in [-0.25, -0.2) is 4.98 Å². The molecule has 1 fully saturated rings. The number of imidazole rings is 1. The van der Waals surface area contributed by atoms with Crippen LogP contribution in [0.2, 0.25) is 0 Å². The summed E-state index contributed by atoms with van der Waals surface area (Å²) in [7, 11) is 1.29. The molecule has 1 amide bonds. The van der Waals surface area contributed by atoms with Crippen molar-refractivity contribution in [2.75, 3.05) is 19.4 Å². The summed E-state index contributed by atoms with van der Waals surface area (Å²) in [5.74, 6) is -0.399. The third-order valence-electron chi connectivity index (χ3n) is 2.56. The first-order chi connectivity index (χ1) is 8.70. The fourth-order valence-corrected chi connectivity index (χ4v) is 2.32. The minimum atomic E-state index is -0.451. The van der Waals surface area contributed by atoms with E-state index in [1.165, 1.54) is 31.7 Å². The molecular formula is C11H15N3O3S. The Labute approximate surface area is 109 Å². The third kappa shape index (κ3) is 3.49. The van der Waals surface area contributed by atoms with E-state index in [9.17, 15) is 9.59 Å². The van der Waals surface area contributed by atoms with Crippen LogP contribution in [0.25, 0.3) is 0 Å². The van der Waals surface area contributed by atoms with Gasteiger partial charge >= 0.3 is 5.97 Å². The van der Waals surface area contributed by atoms with Crippen molar-refractivity contribution in [1.82, 2.24) is 14.9 Å². The van der Waals surface area contributed by atoms with Crippen molar-refractivity contribution in [1.29, 1.82) is 0 Å². The van der Waals surface area contributed by atoms with Crippen LogP contribution < -0.4 is 5.32 Å². The standard InChI is InChI=1S/C11H15N3O3S/c1-17-10(16)6-13-9(15)7-18-11-12-4-5-14(11)8-2-3-8/h4-5,8H,2-3,6-7H2,1H3,(H,13,15). The van der Waals surface area contributed by atoms with Gasteiger partial charge in [-0.2, -0.15) is 0 Å². The molecule has 1 N–H and O–H groups in total. The first-order valence-corrected chi connectivity index (χ1v) is 6.68. The second kappa shape index (κ2) is 5.90. The van der Waals surface area contributed by atoms with E-state index in [1.807, 2.05) is 6.20 Å². The summed E-state index contributed by atoms with van der Waals surface area (Å²) < 4.78 is 6.53. The summed E-state index contributed by atoms with van der Waals surface area (Å²) in [6, 6.07) is 0.549. The van der Waals surface area contributed by atoms with Gasteiger partial charge in [0.2, 0.25) is 5.91 Å². The third-order valence-corrected chi connectivity index (χ3v) is 3.54. The number of aromatic nitrogens is 2. The SMILES string of the molecule is COC(=O)CNC(=O)CSc1nccn1C1CC1. The van der Waals surface area contributed by atoms with Crippen molar-refractivity contribution in [3.63, 3.8) is 0 Å². The van der Waals surface area contributed by atoms with Crippen molar-refractivity contribution >= 4 is 23.6 Å². The zero-order valence-electron chi connectivity index (χ0n) is 10.1. The number of rotatable bonds is 6. The van der Waals surface area contributed by atoms with Gasteiger partial charge in [0, 0.05) is 18.4 Å². The smallest absolute Gasteiger partial charge is 0.325 e. The van der Waals surface area contributed by atoms with Gasteiger partial charge in [-0.15, -0.1) is 0 Å². The molecule has 0 spiro atoms. The fraction of sp³-hybridized carbons (Fsp3) is 0.545. The quantitative estimate of drug-likeness (QED) is 0.604. The maximum Gasteiger partial charge on any atom is 0.325 e. The molecule has 0 aliphatic heterocycles.